The maximum atomic E-state index is 11.7. The van der Waals surface area contributed by atoms with Crippen LogP contribution in [-0.2, 0) is 4.79 Å². The Morgan fingerprint density at radius 1 is 1.15 bits per heavy atom. The molecule has 2 aromatic heterocycles. The van der Waals surface area contributed by atoms with Gasteiger partial charge in [0.2, 0.25) is 5.91 Å². The summed E-state index contributed by atoms with van der Waals surface area (Å²) < 4.78 is 0. The molecule has 1 amide bonds. The Morgan fingerprint density at radius 2 is 1.92 bits per heavy atom. The van der Waals surface area contributed by atoms with Crippen LogP contribution in [0.2, 0.25) is 0 Å². The zero-order chi connectivity index (χ0) is 17.6. The summed E-state index contributed by atoms with van der Waals surface area (Å²) >= 11 is 1.59. The van der Waals surface area contributed by atoms with Crippen LogP contribution in [0.5, 0.6) is 0 Å². The van der Waals surface area contributed by atoms with Gasteiger partial charge in [-0.3, -0.25) is 4.79 Å². The van der Waals surface area contributed by atoms with Crippen LogP contribution in [0.4, 0.5) is 16.6 Å². The van der Waals surface area contributed by atoms with Crippen molar-refractivity contribution in [3.8, 4) is 11.3 Å². The summed E-state index contributed by atoms with van der Waals surface area (Å²) in [5.74, 6) is 0.818. The molecule has 1 aromatic carbocycles. The maximum Gasteiger partial charge on any atom is 0.224 e. The molecule has 2 heterocycles. The van der Waals surface area contributed by atoms with E-state index in [2.05, 4.69) is 20.6 Å². The first kappa shape index (κ1) is 19.9. The molecule has 0 fully saturated rings. The van der Waals surface area contributed by atoms with Crippen LogP contribution in [0.1, 0.15) is 24.6 Å². The number of rotatable bonds is 6. The maximum absolute atomic E-state index is 11.7. The molecule has 0 aliphatic heterocycles. The number of carbonyl (C=O) groups excluding carboxylic acids is 1. The monoisotopic (exact) mass is 388 g/mol. The summed E-state index contributed by atoms with van der Waals surface area (Å²) in [5, 5.41) is 6.93. The molecule has 0 saturated heterocycles. The number of hydrogen-bond donors (Lipinski definition) is 2. The highest BCUT2D eigenvalue weighted by Gasteiger charge is 2.11. The van der Waals surface area contributed by atoms with Crippen LogP contribution >= 0.6 is 23.7 Å². The van der Waals surface area contributed by atoms with Gasteiger partial charge in [0.05, 0.1) is 5.69 Å². The molecule has 136 valence electrons. The van der Waals surface area contributed by atoms with Gasteiger partial charge >= 0.3 is 0 Å². The molecule has 0 unspecified atom stereocenters. The van der Waals surface area contributed by atoms with Gasteiger partial charge in [-0.25, -0.2) is 9.97 Å². The van der Waals surface area contributed by atoms with Gasteiger partial charge in [0.15, 0.2) is 5.13 Å². The minimum atomic E-state index is 0. The van der Waals surface area contributed by atoms with E-state index >= 15 is 0 Å². The molecule has 26 heavy (non-hydrogen) atoms. The summed E-state index contributed by atoms with van der Waals surface area (Å²) in [6, 6.07) is 13.5. The van der Waals surface area contributed by atoms with E-state index in [1.807, 2.05) is 56.3 Å². The van der Waals surface area contributed by atoms with Crippen LogP contribution in [0.25, 0.3) is 11.3 Å². The summed E-state index contributed by atoms with van der Waals surface area (Å²) in [7, 11) is 0. The molecule has 3 aromatic rings. The zero-order valence-electron chi connectivity index (χ0n) is 14.7. The largest absolute Gasteiger partial charge is 0.326 e. The van der Waals surface area contributed by atoms with Crippen molar-refractivity contribution in [2.75, 3.05) is 10.6 Å². The Balaban J connectivity index is 0.00000243. The highest BCUT2D eigenvalue weighted by Crippen LogP contribution is 2.32. The first-order valence-corrected chi connectivity index (χ1v) is 9.03. The number of nitrogens with one attached hydrogen (secondary N) is 2. The fourth-order valence-corrected chi connectivity index (χ4v) is 3.27. The Labute approximate surface area is 163 Å². The Bertz CT molecular complexity index is 850. The third-order valence-corrected chi connectivity index (χ3v) is 4.50. The van der Waals surface area contributed by atoms with E-state index in [0.29, 0.717) is 6.42 Å². The molecule has 0 aliphatic carbocycles. The lowest BCUT2D eigenvalue weighted by atomic mass is 10.1. The summed E-state index contributed by atoms with van der Waals surface area (Å²) in [6.45, 7) is 4.04. The Hall–Kier alpha value is -2.44. The topological polar surface area (TPSA) is 66.9 Å². The number of nitrogens with zero attached hydrogens (tertiary/aromatic N) is 2. The molecule has 0 saturated carbocycles. The second-order valence-electron chi connectivity index (χ2n) is 5.64. The number of amides is 1. The normalized spacial score (nSPS) is 10.1. The minimum absolute atomic E-state index is 0. The highest BCUT2D eigenvalue weighted by atomic mass is 35.5. The zero-order valence-corrected chi connectivity index (χ0v) is 16.3. The second-order valence-corrected chi connectivity index (χ2v) is 6.84. The molecule has 7 heteroatoms. The van der Waals surface area contributed by atoms with Gasteiger partial charge in [-0.2, -0.15) is 0 Å². The van der Waals surface area contributed by atoms with Crippen molar-refractivity contribution < 1.29 is 4.79 Å². The van der Waals surface area contributed by atoms with E-state index in [0.717, 1.165) is 39.2 Å². The lowest BCUT2D eigenvalue weighted by Gasteiger charge is -2.05. The van der Waals surface area contributed by atoms with Crippen molar-refractivity contribution in [3.05, 3.63) is 53.5 Å². The number of pyridine rings is 1. The average Bonchev–Trinajstić information content (AvgIpc) is 2.97. The van der Waals surface area contributed by atoms with Crippen LogP contribution in [-0.4, -0.2) is 15.9 Å². The second kappa shape index (κ2) is 9.31. The first-order chi connectivity index (χ1) is 12.2. The predicted molar refractivity (Wildman–Crippen MR) is 111 cm³/mol. The highest BCUT2D eigenvalue weighted by molar-refractivity contribution is 7.16. The summed E-state index contributed by atoms with van der Waals surface area (Å²) in [4.78, 5) is 21.7. The van der Waals surface area contributed by atoms with E-state index < -0.39 is 0 Å². The van der Waals surface area contributed by atoms with Crippen LogP contribution < -0.4 is 10.6 Å². The molecule has 3 rings (SSSR count). The Morgan fingerprint density at radius 3 is 2.58 bits per heavy atom. The fraction of sp³-hybridized carbons (Fsp3) is 0.211. The lowest BCUT2D eigenvalue weighted by Crippen LogP contribution is -2.10. The smallest absolute Gasteiger partial charge is 0.224 e. The standard InChI is InChI=1S/C19H20N4OS.ClH/c1-3-6-17(24)21-15-10-8-14(9-11-15)18-13(2)25-19(23-18)22-16-7-4-5-12-20-16;/h4-5,7-12H,3,6H2,1-2H3,(H,21,24)(H,20,22,23);1H. The van der Waals surface area contributed by atoms with E-state index in [1.165, 1.54) is 0 Å². The third-order valence-electron chi connectivity index (χ3n) is 3.62. The molecule has 0 spiro atoms. The van der Waals surface area contributed by atoms with Crippen molar-refractivity contribution in [2.45, 2.75) is 26.7 Å². The van der Waals surface area contributed by atoms with E-state index in [1.54, 1.807) is 17.5 Å². The van der Waals surface area contributed by atoms with Crippen molar-refractivity contribution in [3.63, 3.8) is 0 Å². The molecule has 5 nitrogen and oxygen atoms in total. The molecular weight excluding hydrogens is 368 g/mol. The Kier molecular flexibility index (Phi) is 7.12. The summed E-state index contributed by atoms with van der Waals surface area (Å²) in [6.07, 6.45) is 3.12. The van der Waals surface area contributed by atoms with E-state index in [9.17, 15) is 4.79 Å². The summed E-state index contributed by atoms with van der Waals surface area (Å²) in [5.41, 5.74) is 2.77. The SMILES string of the molecule is CCCC(=O)Nc1ccc(-c2nc(Nc3ccccn3)sc2C)cc1.Cl. The third kappa shape index (κ3) is 5.03. The van der Waals surface area contributed by atoms with Crippen LogP contribution in [0.15, 0.2) is 48.7 Å². The number of benzene rings is 1. The number of halogens is 1. The predicted octanol–water partition coefficient (Wildman–Crippen LogP) is 5.42. The number of anilines is 3. The van der Waals surface area contributed by atoms with E-state index in [-0.39, 0.29) is 18.3 Å². The molecule has 0 bridgehead atoms. The quantitative estimate of drug-likeness (QED) is 0.591. The molecule has 2 N–H and O–H groups in total. The van der Waals surface area contributed by atoms with Crippen LogP contribution in [0, 0.1) is 6.92 Å². The molecule has 0 atom stereocenters. The molecule has 0 radical (unpaired) electrons. The van der Waals surface area contributed by atoms with Gasteiger partial charge in [0, 0.05) is 28.7 Å². The van der Waals surface area contributed by atoms with Crippen molar-refractivity contribution in [1.29, 1.82) is 0 Å². The van der Waals surface area contributed by atoms with Crippen molar-refractivity contribution in [2.24, 2.45) is 0 Å². The van der Waals surface area contributed by atoms with Gasteiger partial charge in [0.1, 0.15) is 5.82 Å². The fourth-order valence-electron chi connectivity index (χ4n) is 2.43. The molecule has 0 aliphatic rings. The number of thiazole rings is 1. The lowest BCUT2D eigenvalue weighted by molar-refractivity contribution is -0.116. The van der Waals surface area contributed by atoms with Gasteiger partial charge in [0.25, 0.3) is 0 Å². The van der Waals surface area contributed by atoms with Gasteiger partial charge < -0.3 is 10.6 Å². The number of carbonyl (C=O) groups is 1. The number of aryl methyl sites for hydroxylation is 1. The number of hydrogen-bond acceptors (Lipinski definition) is 5. The number of aromatic nitrogens is 2. The van der Waals surface area contributed by atoms with Crippen molar-refractivity contribution in [1.82, 2.24) is 9.97 Å². The minimum Gasteiger partial charge on any atom is -0.326 e. The van der Waals surface area contributed by atoms with Crippen molar-refractivity contribution >= 4 is 46.3 Å². The van der Waals surface area contributed by atoms with Gasteiger partial charge in [-0.1, -0.05) is 25.1 Å². The van der Waals surface area contributed by atoms with Gasteiger partial charge in [-0.15, -0.1) is 23.7 Å². The van der Waals surface area contributed by atoms with Gasteiger partial charge in [-0.05, 0) is 37.6 Å². The van der Waals surface area contributed by atoms with E-state index in [4.69, 9.17) is 0 Å². The first-order valence-electron chi connectivity index (χ1n) is 8.21. The average molecular weight is 389 g/mol. The van der Waals surface area contributed by atoms with Crippen LogP contribution in [0.3, 0.4) is 0 Å². The molecular formula is C19H21ClN4OS.